The lowest BCUT2D eigenvalue weighted by atomic mass is 9.92. The van der Waals surface area contributed by atoms with Crippen molar-refractivity contribution in [2.45, 2.75) is 58.8 Å². The third-order valence-corrected chi connectivity index (χ3v) is 4.22. The van der Waals surface area contributed by atoms with Gasteiger partial charge in [0.25, 0.3) is 0 Å². The molecule has 23 heavy (non-hydrogen) atoms. The van der Waals surface area contributed by atoms with E-state index in [9.17, 15) is 0 Å². The highest BCUT2D eigenvalue weighted by atomic mass is 15.3. The maximum atomic E-state index is 4.75. The minimum absolute atomic E-state index is 0.0851. The summed E-state index contributed by atoms with van der Waals surface area (Å²) < 4.78 is 2.15. The lowest BCUT2D eigenvalue weighted by Crippen LogP contribution is -2.18. The quantitative estimate of drug-likeness (QED) is 0.906. The van der Waals surface area contributed by atoms with Crippen molar-refractivity contribution in [1.29, 1.82) is 0 Å². The number of H-pyrrole nitrogens is 1. The van der Waals surface area contributed by atoms with Crippen LogP contribution in [0.25, 0.3) is 0 Å². The van der Waals surface area contributed by atoms with Crippen LogP contribution in [0.15, 0.2) is 12.1 Å². The van der Waals surface area contributed by atoms with Gasteiger partial charge in [-0.2, -0.15) is 10.2 Å². The molecular formula is C17H28N6. The van der Waals surface area contributed by atoms with Gasteiger partial charge in [0, 0.05) is 37.3 Å². The molecule has 2 aromatic rings. The number of aromatic amines is 1. The highest BCUT2D eigenvalue weighted by molar-refractivity contribution is 5.16. The lowest BCUT2D eigenvalue weighted by Gasteiger charge is -2.15. The van der Waals surface area contributed by atoms with Gasteiger partial charge < -0.3 is 5.32 Å². The van der Waals surface area contributed by atoms with Crippen molar-refractivity contribution in [3.63, 3.8) is 0 Å². The summed E-state index contributed by atoms with van der Waals surface area (Å²) in [5.41, 5.74) is 4.78. The zero-order chi connectivity index (χ0) is 16.4. The molecule has 0 atom stereocenters. The molecule has 3 rings (SSSR count). The molecule has 0 fully saturated rings. The smallest absolute Gasteiger partial charge is 0.0768 e. The van der Waals surface area contributed by atoms with Gasteiger partial charge in [0.1, 0.15) is 0 Å². The average Bonchev–Trinajstić information content (AvgIpc) is 3.01. The van der Waals surface area contributed by atoms with E-state index in [1.807, 2.05) is 0 Å². The first-order valence-corrected chi connectivity index (χ1v) is 8.41. The predicted molar refractivity (Wildman–Crippen MR) is 91.0 cm³/mol. The number of hydrogen-bond donors (Lipinski definition) is 2. The number of hydrogen-bond acceptors (Lipinski definition) is 4. The van der Waals surface area contributed by atoms with Gasteiger partial charge in [-0.15, -0.1) is 0 Å². The number of nitrogens with one attached hydrogen (secondary N) is 2. The number of aromatic nitrogens is 4. The lowest BCUT2D eigenvalue weighted by molar-refractivity contribution is 0.309. The summed E-state index contributed by atoms with van der Waals surface area (Å²) >= 11 is 0. The maximum absolute atomic E-state index is 4.75. The zero-order valence-corrected chi connectivity index (χ0v) is 14.7. The molecule has 6 heteroatoms. The first kappa shape index (κ1) is 16.2. The van der Waals surface area contributed by atoms with Crippen LogP contribution in [-0.4, -0.2) is 38.5 Å². The number of aryl methyl sites for hydroxylation is 1. The van der Waals surface area contributed by atoms with Crippen LogP contribution in [0.2, 0.25) is 0 Å². The molecule has 0 unspecified atom stereocenters. The van der Waals surface area contributed by atoms with Gasteiger partial charge in [-0.05, 0) is 32.1 Å². The molecule has 0 aromatic carbocycles. The van der Waals surface area contributed by atoms with Gasteiger partial charge >= 0.3 is 0 Å². The fraction of sp³-hybridized carbons (Fsp3) is 0.647. The van der Waals surface area contributed by atoms with E-state index in [0.29, 0.717) is 0 Å². The van der Waals surface area contributed by atoms with E-state index < -0.39 is 0 Å². The molecule has 0 saturated carbocycles. The van der Waals surface area contributed by atoms with E-state index in [-0.39, 0.29) is 5.41 Å². The summed E-state index contributed by atoms with van der Waals surface area (Å²) in [5.74, 6) is 0. The third-order valence-electron chi connectivity index (χ3n) is 4.22. The summed E-state index contributed by atoms with van der Waals surface area (Å²) in [6, 6.07) is 4.39. The normalized spacial score (nSPS) is 15.7. The summed E-state index contributed by atoms with van der Waals surface area (Å²) in [6.07, 6.45) is 1.15. The Morgan fingerprint density at radius 1 is 1.26 bits per heavy atom. The molecule has 0 saturated heterocycles. The molecule has 3 heterocycles. The van der Waals surface area contributed by atoms with E-state index in [0.717, 1.165) is 56.2 Å². The largest absolute Gasteiger partial charge is 0.311 e. The first-order chi connectivity index (χ1) is 10.9. The molecule has 1 aliphatic rings. The van der Waals surface area contributed by atoms with Crippen LogP contribution in [0.4, 0.5) is 0 Å². The molecule has 0 spiro atoms. The van der Waals surface area contributed by atoms with Gasteiger partial charge in [-0.1, -0.05) is 20.8 Å². The van der Waals surface area contributed by atoms with Gasteiger partial charge in [0.2, 0.25) is 0 Å². The standard InChI is InChI=1S/C17H28N6/c1-17(2,3)16-9-13(19-20-16)11-22(4)12-14-8-15-10-18-6-5-7-23(15)21-14/h8-9,18H,5-7,10-12H2,1-4H3,(H,19,20). The molecule has 126 valence electrons. The van der Waals surface area contributed by atoms with Crippen LogP contribution in [0.1, 0.15) is 50.0 Å². The summed E-state index contributed by atoms with van der Waals surface area (Å²) in [7, 11) is 2.13. The van der Waals surface area contributed by atoms with E-state index in [1.165, 1.54) is 5.69 Å². The number of fused-ring (bicyclic) bond motifs is 1. The molecule has 2 aromatic heterocycles. The molecule has 0 amide bonds. The Morgan fingerprint density at radius 3 is 2.83 bits per heavy atom. The molecule has 1 aliphatic heterocycles. The van der Waals surface area contributed by atoms with Crippen LogP contribution in [0.5, 0.6) is 0 Å². The Hall–Kier alpha value is -1.66. The molecule has 6 nitrogen and oxygen atoms in total. The average molecular weight is 316 g/mol. The van der Waals surface area contributed by atoms with Gasteiger partial charge in [-0.25, -0.2) is 0 Å². The summed E-state index contributed by atoms with van der Waals surface area (Å²) in [5, 5.41) is 15.8. The van der Waals surface area contributed by atoms with Crippen LogP contribution in [0, 0.1) is 0 Å². The van der Waals surface area contributed by atoms with Crippen molar-refractivity contribution in [2.24, 2.45) is 0 Å². The van der Waals surface area contributed by atoms with Crippen LogP contribution >= 0.6 is 0 Å². The highest BCUT2D eigenvalue weighted by Gasteiger charge is 2.18. The topological polar surface area (TPSA) is 61.8 Å². The van der Waals surface area contributed by atoms with Gasteiger partial charge in [-0.3, -0.25) is 14.7 Å². The van der Waals surface area contributed by atoms with E-state index in [2.05, 4.69) is 65.0 Å². The number of nitrogens with zero attached hydrogens (tertiary/aromatic N) is 4. The molecule has 0 radical (unpaired) electrons. The highest BCUT2D eigenvalue weighted by Crippen LogP contribution is 2.20. The SMILES string of the molecule is CN(Cc1cc2n(n1)CCCNC2)Cc1cc(C(C)(C)C)n[nH]1. The van der Waals surface area contributed by atoms with E-state index >= 15 is 0 Å². The Morgan fingerprint density at radius 2 is 2.09 bits per heavy atom. The number of rotatable bonds is 4. The molecule has 2 N–H and O–H groups in total. The molecular weight excluding hydrogens is 288 g/mol. The summed E-state index contributed by atoms with van der Waals surface area (Å²) in [4.78, 5) is 2.27. The maximum Gasteiger partial charge on any atom is 0.0768 e. The Labute approximate surface area is 138 Å². The van der Waals surface area contributed by atoms with Crippen molar-refractivity contribution in [2.75, 3.05) is 13.6 Å². The zero-order valence-electron chi connectivity index (χ0n) is 14.7. The minimum atomic E-state index is 0.0851. The van der Waals surface area contributed by atoms with Gasteiger partial charge in [0.05, 0.1) is 17.1 Å². The fourth-order valence-electron chi connectivity index (χ4n) is 2.95. The predicted octanol–water partition coefficient (Wildman–Crippen LogP) is 2.03. The Bertz CT molecular complexity index is 625. The molecule has 0 bridgehead atoms. The van der Waals surface area contributed by atoms with Gasteiger partial charge in [0.15, 0.2) is 0 Å². The van der Waals surface area contributed by atoms with Crippen LogP contribution < -0.4 is 5.32 Å². The Balaban J connectivity index is 1.61. The first-order valence-electron chi connectivity index (χ1n) is 8.41. The third kappa shape index (κ3) is 4.00. The fourth-order valence-corrected chi connectivity index (χ4v) is 2.95. The van der Waals surface area contributed by atoms with E-state index in [1.54, 1.807) is 0 Å². The minimum Gasteiger partial charge on any atom is -0.311 e. The van der Waals surface area contributed by atoms with E-state index in [4.69, 9.17) is 5.10 Å². The second kappa shape index (κ2) is 6.45. The van der Waals surface area contributed by atoms with Crippen molar-refractivity contribution in [3.05, 3.63) is 34.9 Å². The van der Waals surface area contributed by atoms with Crippen LogP contribution in [-0.2, 0) is 31.6 Å². The van der Waals surface area contributed by atoms with Crippen molar-refractivity contribution >= 4 is 0 Å². The Kier molecular flexibility index (Phi) is 4.55. The second-order valence-electron chi connectivity index (χ2n) is 7.58. The monoisotopic (exact) mass is 316 g/mol. The van der Waals surface area contributed by atoms with Crippen LogP contribution in [0.3, 0.4) is 0 Å². The van der Waals surface area contributed by atoms with Crippen molar-refractivity contribution in [1.82, 2.24) is 30.2 Å². The summed E-state index contributed by atoms with van der Waals surface area (Å²) in [6.45, 7) is 11.3. The molecule has 0 aliphatic carbocycles. The van der Waals surface area contributed by atoms with Crippen molar-refractivity contribution in [3.8, 4) is 0 Å². The van der Waals surface area contributed by atoms with Crippen molar-refractivity contribution < 1.29 is 0 Å². The second-order valence-corrected chi connectivity index (χ2v) is 7.58.